The van der Waals surface area contributed by atoms with E-state index >= 15 is 0 Å². The Hall–Kier alpha value is -2.02. The Morgan fingerprint density at radius 2 is 2.20 bits per heavy atom. The molecule has 0 aliphatic heterocycles. The maximum absolute atomic E-state index is 11.4. The Kier molecular flexibility index (Phi) is 4.62. The zero-order valence-corrected chi connectivity index (χ0v) is 11.9. The van der Waals surface area contributed by atoms with Crippen LogP contribution in [0.4, 0.5) is 11.4 Å². The lowest BCUT2D eigenvalue weighted by Crippen LogP contribution is -2.13. The van der Waals surface area contributed by atoms with Crippen molar-refractivity contribution in [2.24, 2.45) is 0 Å². The number of nitrogens with zero attached hydrogens (tertiary/aromatic N) is 2. The number of benzene rings is 1. The second-order valence-corrected chi connectivity index (χ2v) is 6.01. The van der Waals surface area contributed by atoms with Gasteiger partial charge >= 0.3 is 5.69 Å². The molecule has 0 aliphatic rings. The van der Waals surface area contributed by atoms with Crippen molar-refractivity contribution < 1.29 is 9.13 Å². The molecule has 6 nitrogen and oxygen atoms in total. The Morgan fingerprint density at radius 3 is 2.90 bits per heavy atom. The number of fused-ring (bicyclic) bond motifs is 1. The van der Waals surface area contributed by atoms with E-state index in [1.54, 1.807) is 30.5 Å². The van der Waals surface area contributed by atoms with E-state index in [0.717, 1.165) is 0 Å². The van der Waals surface area contributed by atoms with Crippen LogP contribution in [-0.2, 0) is 10.8 Å². The summed E-state index contributed by atoms with van der Waals surface area (Å²) in [4.78, 5) is 15.0. The van der Waals surface area contributed by atoms with Crippen molar-refractivity contribution in [2.75, 3.05) is 23.4 Å². The third-order valence-corrected chi connectivity index (χ3v) is 4.21. The summed E-state index contributed by atoms with van der Waals surface area (Å²) < 4.78 is 11.4. The lowest BCUT2D eigenvalue weighted by atomic mass is 10.1. The average Bonchev–Trinajstić information content (AvgIpc) is 2.46. The molecule has 20 heavy (non-hydrogen) atoms. The molecular weight excluding hydrogens is 278 g/mol. The van der Waals surface area contributed by atoms with Gasteiger partial charge in [0, 0.05) is 35.0 Å². The highest BCUT2D eigenvalue weighted by Crippen LogP contribution is 2.32. The van der Waals surface area contributed by atoms with Gasteiger partial charge in [-0.05, 0) is 24.3 Å². The number of aromatic nitrogens is 1. The monoisotopic (exact) mass is 293 g/mol. The molecule has 0 spiro atoms. The van der Waals surface area contributed by atoms with Gasteiger partial charge in [0.05, 0.1) is 15.8 Å². The maximum Gasteiger partial charge on any atom is 0.301 e. The SMILES string of the molecule is CCS(=O)CCNc1ccc2ncccc2c1[N+](=O)[O-]. The van der Waals surface area contributed by atoms with E-state index in [9.17, 15) is 14.3 Å². The summed E-state index contributed by atoms with van der Waals surface area (Å²) in [6.45, 7) is 2.29. The Morgan fingerprint density at radius 1 is 1.40 bits per heavy atom. The summed E-state index contributed by atoms with van der Waals surface area (Å²) in [6, 6.07) is 6.73. The molecule has 2 rings (SSSR count). The van der Waals surface area contributed by atoms with Crippen LogP contribution in [0.3, 0.4) is 0 Å². The topological polar surface area (TPSA) is 85.1 Å². The number of nitrogens with one attached hydrogen (secondary N) is 1. The first-order valence-corrected chi connectivity index (χ1v) is 7.73. The molecule has 0 fully saturated rings. The predicted octanol–water partition coefficient (Wildman–Crippen LogP) is 2.32. The summed E-state index contributed by atoms with van der Waals surface area (Å²) in [7, 11) is -0.890. The van der Waals surface area contributed by atoms with Gasteiger partial charge in [0.1, 0.15) is 5.69 Å². The van der Waals surface area contributed by atoms with Gasteiger partial charge in [0.15, 0.2) is 0 Å². The fourth-order valence-corrected chi connectivity index (χ4v) is 2.54. The van der Waals surface area contributed by atoms with E-state index in [1.165, 1.54) is 0 Å². The minimum Gasteiger partial charge on any atom is -0.379 e. The highest BCUT2D eigenvalue weighted by atomic mass is 32.2. The lowest BCUT2D eigenvalue weighted by molar-refractivity contribution is -0.382. The van der Waals surface area contributed by atoms with Crippen LogP contribution >= 0.6 is 0 Å². The van der Waals surface area contributed by atoms with Crippen molar-refractivity contribution >= 4 is 33.1 Å². The van der Waals surface area contributed by atoms with E-state index in [1.807, 2.05) is 6.92 Å². The van der Waals surface area contributed by atoms with Gasteiger partial charge in [0.2, 0.25) is 0 Å². The predicted molar refractivity (Wildman–Crippen MR) is 80.4 cm³/mol. The highest BCUT2D eigenvalue weighted by molar-refractivity contribution is 7.84. The lowest BCUT2D eigenvalue weighted by Gasteiger charge is -2.08. The molecule has 2 aromatic rings. The van der Waals surface area contributed by atoms with Crippen LogP contribution in [0.25, 0.3) is 10.9 Å². The maximum atomic E-state index is 11.4. The van der Waals surface area contributed by atoms with E-state index in [2.05, 4.69) is 10.3 Å². The smallest absolute Gasteiger partial charge is 0.301 e. The number of hydrogen-bond acceptors (Lipinski definition) is 5. The van der Waals surface area contributed by atoms with Crippen LogP contribution in [0.1, 0.15) is 6.92 Å². The van der Waals surface area contributed by atoms with E-state index in [-0.39, 0.29) is 5.69 Å². The molecule has 106 valence electrons. The van der Waals surface area contributed by atoms with Gasteiger partial charge < -0.3 is 5.32 Å². The molecule has 1 atom stereocenters. The van der Waals surface area contributed by atoms with Crippen LogP contribution in [0, 0.1) is 10.1 Å². The molecule has 0 saturated heterocycles. The van der Waals surface area contributed by atoms with Gasteiger partial charge in [-0.25, -0.2) is 0 Å². The van der Waals surface area contributed by atoms with Crippen molar-refractivity contribution in [2.45, 2.75) is 6.92 Å². The zero-order chi connectivity index (χ0) is 14.5. The molecule has 1 unspecified atom stereocenters. The zero-order valence-electron chi connectivity index (χ0n) is 11.0. The largest absolute Gasteiger partial charge is 0.379 e. The molecule has 0 radical (unpaired) electrons. The minimum absolute atomic E-state index is 0.0119. The number of anilines is 1. The summed E-state index contributed by atoms with van der Waals surface area (Å²) >= 11 is 0. The molecule has 0 amide bonds. The third kappa shape index (κ3) is 3.11. The Bertz CT molecular complexity index is 660. The molecule has 1 aromatic heterocycles. The number of nitro benzene ring substituents is 1. The number of pyridine rings is 1. The Labute approximate surface area is 118 Å². The Balaban J connectivity index is 2.31. The van der Waals surface area contributed by atoms with Gasteiger partial charge in [-0.15, -0.1) is 0 Å². The van der Waals surface area contributed by atoms with Crippen molar-refractivity contribution in [1.82, 2.24) is 4.98 Å². The van der Waals surface area contributed by atoms with Crippen molar-refractivity contribution in [3.05, 3.63) is 40.6 Å². The number of hydrogen-bond donors (Lipinski definition) is 1. The first kappa shape index (κ1) is 14.4. The summed E-state index contributed by atoms with van der Waals surface area (Å²) in [5, 5.41) is 14.8. The summed E-state index contributed by atoms with van der Waals surface area (Å²) in [6.07, 6.45) is 1.60. The highest BCUT2D eigenvalue weighted by Gasteiger charge is 2.18. The normalized spacial score (nSPS) is 12.2. The van der Waals surface area contributed by atoms with Crippen molar-refractivity contribution in [3.63, 3.8) is 0 Å². The first-order chi connectivity index (χ1) is 9.63. The fraction of sp³-hybridized carbons (Fsp3) is 0.308. The van der Waals surface area contributed by atoms with Crippen LogP contribution in [-0.4, -0.2) is 32.2 Å². The van der Waals surface area contributed by atoms with E-state index in [0.29, 0.717) is 34.6 Å². The summed E-state index contributed by atoms with van der Waals surface area (Å²) in [5.41, 5.74) is 1.03. The second kappa shape index (κ2) is 6.42. The van der Waals surface area contributed by atoms with E-state index in [4.69, 9.17) is 0 Å². The minimum atomic E-state index is -0.890. The standard InChI is InChI=1S/C13H15N3O3S/c1-2-20(19)9-8-15-12-6-5-11-10(4-3-7-14-11)13(12)16(17)18/h3-7,15H,2,8-9H2,1H3. The van der Waals surface area contributed by atoms with Gasteiger partial charge in [-0.1, -0.05) is 6.92 Å². The fourth-order valence-electron chi connectivity index (χ4n) is 1.92. The van der Waals surface area contributed by atoms with Crippen LogP contribution in [0.2, 0.25) is 0 Å². The molecule has 7 heteroatoms. The summed E-state index contributed by atoms with van der Waals surface area (Å²) in [5.74, 6) is 1.06. The van der Waals surface area contributed by atoms with Gasteiger partial charge in [0.25, 0.3) is 0 Å². The number of nitro groups is 1. The van der Waals surface area contributed by atoms with Crippen molar-refractivity contribution in [1.29, 1.82) is 0 Å². The molecule has 0 bridgehead atoms. The van der Waals surface area contributed by atoms with Crippen molar-refractivity contribution in [3.8, 4) is 0 Å². The van der Waals surface area contributed by atoms with Crippen LogP contribution in [0.5, 0.6) is 0 Å². The quantitative estimate of drug-likeness (QED) is 0.652. The molecule has 1 heterocycles. The third-order valence-electron chi connectivity index (χ3n) is 2.91. The van der Waals surface area contributed by atoms with Gasteiger partial charge in [-0.2, -0.15) is 0 Å². The molecule has 0 aliphatic carbocycles. The first-order valence-electron chi connectivity index (χ1n) is 6.24. The molecule has 1 aromatic carbocycles. The molecular formula is C13H15N3O3S. The van der Waals surface area contributed by atoms with Crippen LogP contribution in [0.15, 0.2) is 30.5 Å². The van der Waals surface area contributed by atoms with E-state index < -0.39 is 15.7 Å². The molecule has 1 N–H and O–H groups in total. The second-order valence-electron chi connectivity index (χ2n) is 4.15. The van der Waals surface area contributed by atoms with Gasteiger partial charge in [-0.3, -0.25) is 19.3 Å². The average molecular weight is 293 g/mol. The van der Waals surface area contributed by atoms with Crippen LogP contribution < -0.4 is 5.32 Å². The molecule has 0 saturated carbocycles. The number of rotatable bonds is 6.